The van der Waals surface area contributed by atoms with Crippen molar-refractivity contribution in [3.63, 3.8) is 0 Å². The van der Waals surface area contributed by atoms with Crippen molar-refractivity contribution in [3.8, 4) is 0 Å². The molecular weight excluding hydrogens is 232 g/mol. The van der Waals surface area contributed by atoms with E-state index in [-0.39, 0.29) is 5.41 Å². The zero-order chi connectivity index (χ0) is 14.5. The Kier molecular flexibility index (Phi) is 6.02. The summed E-state index contributed by atoms with van der Waals surface area (Å²) in [7, 11) is 2.03. The van der Waals surface area contributed by atoms with Crippen LogP contribution in [0.25, 0.3) is 0 Å². The van der Waals surface area contributed by atoms with Crippen molar-refractivity contribution in [2.75, 3.05) is 13.6 Å². The first-order valence-corrected chi connectivity index (χ1v) is 7.34. The topological polar surface area (TPSA) is 38.0 Å². The average Bonchev–Trinajstić information content (AvgIpc) is 2.36. The predicted octanol–water partition coefficient (Wildman–Crippen LogP) is 3.52. The molecule has 0 saturated carbocycles. The van der Waals surface area contributed by atoms with Gasteiger partial charge in [-0.3, -0.25) is 0 Å². The summed E-state index contributed by atoms with van der Waals surface area (Å²) in [6.45, 7) is 9.69. The van der Waals surface area contributed by atoms with E-state index in [4.69, 9.17) is 5.73 Å². The van der Waals surface area contributed by atoms with E-state index in [9.17, 15) is 0 Å². The smallest absolute Gasteiger partial charge is 0.0323 e. The third-order valence-corrected chi connectivity index (χ3v) is 3.68. The van der Waals surface area contributed by atoms with E-state index in [2.05, 4.69) is 57.3 Å². The van der Waals surface area contributed by atoms with E-state index in [1.807, 2.05) is 7.05 Å². The minimum absolute atomic E-state index is 0.171. The third kappa shape index (κ3) is 5.33. The van der Waals surface area contributed by atoms with Gasteiger partial charge >= 0.3 is 0 Å². The minimum Gasteiger partial charge on any atom is -0.330 e. The van der Waals surface area contributed by atoms with Gasteiger partial charge in [0.25, 0.3) is 0 Å². The van der Waals surface area contributed by atoms with Gasteiger partial charge in [0.05, 0.1) is 0 Å². The number of nitrogens with two attached hydrogens (primary N) is 1. The van der Waals surface area contributed by atoms with Crippen molar-refractivity contribution in [3.05, 3.63) is 35.4 Å². The van der Waals surface area contributed by atoms with Gasteiger partial charge in [-0.15, -0.1) is 0 Å². The van der Waals surface area contributed by atoms with E-state index >= 15 is 0 Å². The van der Waals surface area contributed by atoms with Crippen molar-refractivity contribution in [2.24, 2.45) is 17.1 Å². The molecule has 1 aromatic rings. The highest BCUT2D eigenvalue weighted by atomic mass is 14.9. The van der Waals surface area contributed by atoms with Gasteiger partial charge in [0.1, 0.15) is 0 Å². The molecule has 0 aliphatic rings. The second-order valence-corrected chi connectivity index (χ2v) is 6.75. The Labute approximate surface area is 118 Å². The molecule has 0 aliphatic heterocycles. The molecule has 0 radical (unpaired) electrons. The van der Waals surface area contributed by atoms with Gasteiger partial charge in [-0.05, 0) is 48.9 Å². The predicted molar refractivity (Wildman–Crippen MR) is 84.2 cm³/mol. The Bertz CT molecular complexity index is 365. The molecule has 1 atom stereocenters. The molecule has 3 N–H and O–H groups in total. The van der Waals surface area contributed by atoms with Crippen LogP contribution in [0.15, 0.2) is 24.3 Å². The van der Waals surface area contributed by atoms with E-state index in [1.54, 1.807) is 0 Å². The molecule has 0 aliphatic carbocycles. The van der Waals surface area contributed by atoms with Crippen LogP contribution in [0.5, 0.6) is 0 Å². The normalized spacial score (nSPS) is 13.8. The summed E-state index contributed by atoms with van der Waals surface area (Å²) in [6.07, 6.45) is 2.21. The summed E-state index contributed by atoms with van der Waals surface area (Å²) in [4.78, 5) is 0. The van der Waals surface area contributed by atoms with Crippen LogP contribution in [0.3, 0.4) is 0 Å². The second-order valence-electron chi connectivity index (χ2n) is 6.75. The fraction of sp³-hybridized carbons (Fsp3) is 0.647. The second kappa shape index (κ2) is 7.06. The van der Waals surface area contributed by atoms with Crippen LogP contribution in [0.1, 0.15) is 51.3 Å². The zero-order valence-corrected chi connectivity index (χ0v) is 13.2. The molecule has 0 aromatic heterocycles. The monoisotopic (exact) mass is 262 g/mol. The number of rotatable bonds is 7. The highest BCUT2D eigenvalue weighted by molar-refractivity contribution is 5.25. The van der Waals surface area contributed by atoms with E-state index < -0.39 is 0 Å². The molecule has 0 saturated heterocycles. The lowest BCUT2D eigenvalue weighted by molar-refractivity contribution is 0.299. The lowest BCUT2D eigenvalue weighted by Gasteiger charge is -2.28. The van der Waals surface area contributed by atoms with Crippen molar-refractivity contribution in [2.45, 2.75) is 46.6 Å². The summed E-state index contributed by atoms with van der Waals surface area (Å²) in [6, 6.07) is 9.41. The first-order chi connectivity index (χ1) is 8.88. The van der Waals surface area contributed by atoms with Crippen molar-refractivity contribution in [1.29, 1.82) is 0 Å². The molecule has 0 bridgehead atoms. The molecule has 0 heterocycles. The van der Waals surface area contributed by atoms with Crippen LogP contribution < -0.4 is 11.1 Å². The maximum absolute atomic E-state index is 5.84. The van der Waals surface area contributed by atoms with Gasteiger partial charge in [0, 0.05) is 6.04 Å². The van der Waals surface area contributed by atoms with Gasteiger partial charge < -0.3 is 11.1 Å². The number of nitrogens with one attached hydrogen (secondary N) is 1. The van der Waals surface area contributed by atoms with E-state index in [1.165, 1.54) is 11.1 Å². The molecule has 1 unspecified atom stereocenters. The highest BCUT2D eigenvalue weighted by Crippen LogP contribution is 2.29. The molecule has 2 nitrogen and oxygen atoms in total. The van der Waals surface area contributed by atoms with Crippen LogP contribution in [0.2, 0.25) is 0 Å². The van der Waals surface area contributed by atoms with Crippen LogP contribution >= 0.6 is 0 Å². The molecule has 19 heavy (non-hydrogen) atoms. The lowest BCUT2D eigenvalue weighted by Crippen LogP contribution is -2.30. The fourth-order valence-electron chi connectivity index (χ4n) is 2.38. The summed E-state index contributed by atoms with van der Waals surface area (Å²) < 4.78 is 0. The van der Waals surface area contributed by atoms with Crippen LogP contribution in [-0.2, 0) is 6.42 Å². The number of benzene rings is 1. The standard InChI is InChI=1S/C17H30N2/c1-13(2)10-14-6-8-15(9-7-14)16(19-5)11-17(3,4)12-18/h6-9,13,16,19H,10-12,18H2,1-5H3. The number of hydrogen-bond donors (Lipinski definition) is 2. The Morgan fingerprint density at radius 2 is 1.74 bits per heavy atom. The average molecular weight is 262 g/mol. The van der Waals surface area contributed by atoms with Crippen molar-refractivity contribution in [1.82, 2.24) is 5.32 Å². The molecule has 0 spiro atoms. The maximum atomic E-state index is 5.84. The van der Waals surface area contributed by atoms with Gasteiger partial charge in [-0.2, -0.15) is 0 Å². The Morgan fingerprint density at radius 1 is 1.16 bits per heavy atom. The maximum Gasteiger partial charge on any atom is 0.0323 e. The highest BCUT2D eigenvalue weighted by Gasteiger charge is 2.22. The van der Waals surface area contributed by atoms with Gasteiger partial charge in [-0.25, -0.2) is 0 Å². The van der Waals surface area contributed by atoms with Gasteiger partial charge in [0.15, 0.2) is 0 Å². The summed E-state index contributed by atoms with van der Waals surface area (Å²) in [5.41, 5.74) is 8.79. The van der Waals surface area contributed by atoms with Crippen LogP contribution in [0, 0.1) is 11.3 Å². The van der Waals surface area contributed by atoms with Crippen molar-refractivity contribution < 1.29 is 0 Å². The third-order valence-electron chi connectivity index (χ3n) is 3.68. The Hall–Kier alpha value is -0.860. The first-order valence-electron chi connectivity index (χ1n) is 7.34. The largest absolute Gasteiger partial charge is 0.330 e. The molecule has 0 fully saturated rings. The summed E-state index contributed by atoms with van der Waals surface area (Å²) in [5.74, 6) is 0.710. The van der Waals surface area contributed by atoms with E-state index in [0.717, 1.165) is 19.4 Å². The van der Waals surface area contributed by atoms with E-state index in [0.29, 0.717) is 12.0 Å². The molecular formula is C17H30N2. The molecule has 2 heteroatoms. The summed E-state index contributed by atoms with van der Waals surface area (Å²) in [5, 5.41) is 3.41. The van der Waals surface area contributed by atoms with Gasteiger partial charge in [0.2, 0.25) is 0 Å². The fourth-order valence-corrected chi connectivity index (χ4v) is 2.38. The molecule has 1 aromatic carbocycles. The van der Waals surface area contributed by atoms with Crippen molar-refractivity contribution >= 4 is 0 Å². The first kappa shape index (κ1) is 16.2. The minimum atomic E-state index is 0.171. The van der Waals surface area contributed by atoms with Crippen LogP contribution in [-0.4, -0.2) is 13.6 Å². The molecule has 108 valence electrons. The quantitative estimate of drug-likeness (QED) is 0.789. The van der Waals surface area contributed by atoms with Gasteiger partial charge in [-0.1, -0.05) is 52.0 Å². The van der Waals surface area contributed by atoms with Crippen LogP contribution in [0.4, 0.5) is 0 Å². The number of hydrogen-bond acceptors (Lipinski definition) is 2. The Morgan fingerprint density at radius 3 is 2.16 bits per heavy atom. The SMILES string of the molecule is CNC(CC(C)(C)CN)c1ccc(CC(C)C)cc1. The lowest BCUT2D eigenvalue weighted by atomic mass is 9.83. The zero-order valence-electron chi connectivity index (χ0n) is 13.2. The Balaban J connectivity index is 2.76. The molecule has 0 amide bonds. The molecule has 1 rings (SSSR count). The summed E-state index contributed by atoms with van der Waals surface area (Å²) >= 11 is 0.